The van der Waals surface area contributed by atoms with Gasteiger partial charge in [-0.3, -0.25) is 9.00 Å². The van der Waals surface area contributed by atoms with Crippen LogP contribution >= 0.6 is 0 Å². The average molecular weight is 254 g/mol. The second-order valence-corrected chi connectivity index (χ2v) is 5.11. The number of rotatable bonds is 6. The minimum Gasteiger partial charge on any atom is -0.356 e. The molecule has 1 aromatic carbocycles. The standard InChI is InChI=1S/C12H18N2O2S/c1-2-14-12(15)9-17(16)8-11-6-4-3-5-10(11)7-13/h3-6H,2,7-9,13H2,1H3,(H,14,15). The van der Waals surface area contributed by atoms with Gasteiger partial charge in [-0.2, -0.15) is 0 Å². The van der Waals surface area contributed by atoms with Gasteiger partial charge >= 0.3 is 0 Å². The summed E-state index contributed by atoms with van der Waals surface area (Å²) in [6.45, 7) is 2.83. The maximum atomic E-state index is 11.8. The molecule has 3 N–H and O–H groups in total. The third-order valence-electron chi connectivity index (χ3n) is 2.32. The molecule has 0 fully saturated rings. The van der Waals surface area contributed by atoms with Crippen LogP contribution in [0.15, 0.2) is 24.3 Å². The van der Waals surface area contributed by atoms with E-state index in [1.807, 2.05) is 31.2 Å². The minimum absolute atomic E-state index is 0.0484. The molecular formula is C12H18N2O2S. The number of hydrogen-bond donors (Lipinski definition) is 2. The van der Waals surface area contributed by atoms with E-state index in [0.717, 1.165) is 11.1 Å². The Labute approximate surface area is 104 Å². The quantitative estimate of drug-likeness (QED) is 0.778. The maximum absolute atomic E-state index is 11.8. The van der Waals surface area contributed by atoms with E-state index in [9.17, 15) is 9.00 Å². The van der Waals surface area contributed by atoms with Crippen LogP contribution in [0.25, 0.3) is 0 Å². The Morgan fingerprint density at radius 1 is 1.35 bits per heavy atom. The van der Waals surface area contributed by atoms with Crippen molar-refractivity contribution in [3.63, 3.8) is 0 Å². The van der Waals surface area contributed by atoms with Gasteiger partial charge in [0.25, 0.3) is 0 Å². The van der Waals surface area contributed by atoms with Crippen molar-refractivity contribution < 1.29 is 9.00 Å². The van der Waals surface area contributed by atoms with Crippen molar-refractivity contribution in [2.24, 2.45) is 5.73 Å². The second kappa shape index (κ2) is 7.19. The summed E-state index contributed by atoms with van der Waals surface area (Å²) in [5, 5.41) is 2.63. The highest BCUT2D eigenvalue weighted by molar-refractivity contribution is 7.84. The molecule has 0 bridgehead atoms. The molecule has 5 heteroatoms. The Bertz CT molecular complexity index is 407. The van der Waals surface area contributed by atoms with Crippen molar-refractivity contribution >= 4 is 16.7 Å². The van der Waals surface area contributed by atoms with Crippen LogP contribution in [0.4, 0.5) is 0 Å². The molecule has 1 aromatic rings. The van der Waals surface area contributed by atoms with Crippen LogP contribution in [0.1, 0.15) is 18.1 Å². The molecule has 4 nitrogen and oxygen atoms in total. The third kappa shape index (κ3) is 4.66. The fraction of sp³-hybridized carbons (Fsp3) is 0.417. The number of amides is 1. The van der Waals surface area contributed by atoms with Gasteiger partial charge in [0.15, 0.2) is 0 Å². The van der Waals surface area contributed by atoms with Gasteiger partial charge in [0.1, 0.15) is 5.75 Å². The average Bonchev–Trinajstić information content (AvgIpc) is 2.29. The molecule has 0 saturated carbocycles. The molecule has 0 aromatic heterocycles. The number of nitrogens with one attached hydrogen (secondary N) is 1. The molecule has 1 rings (SSSR count). The predicted octanol–water partition coefficient (Wildman–Crippen LogP) is 0.530. The van der Waals surface area contributed by atoms with E-state index < -0.39 is 10.8 Å². The van der Waals surface area contributed by atoms with Gasteiger partial charge in [0.2, 0.25) is 5.91 Å². The summed E-state index contributed by atoms with van der Waals surface area (Å²) < 4.78 is 11.8. The van der Waals surface area contributed by atoms with Crippen LogP contribution in [0, 0.1) is 0 Å². The van der Waals surface area contributed by atoms with Crippen LogP contribution < -0.4 is 11.1 Å². The lowest BCUT2D eigenvalue weighted by Crippen LogP contribution is -2.28. The molecule has 0 aliphatic rings. The molecule has 1 unspecified atom stereocenters. The lowest BCUT2D eigenvalue weighted by molar-refractivity contribution is -0.118. The third-order valence-corrected chi connectivity index (χ3v) is 3.54. The molecule has 0 radical (unpaired) electrons. The Morgan fingerprint density at radius 3 is 2.59 bits per heavy atom. The summed E-state index contributed by atoms with van der Waals surface area (Å²) in [5.74, 6) is 0.258. The normalized spacial score (nSPS) is 12.1. The lowest BCUT2D eigenvalue weighted by atomic mass is 10.1. The van der Waals surface area contributed by atoms with E-state index in [-0.39, 0.29) is 11.7 Å². The van der Waals surface area contributed by atoms with Gasteiger partial charge in [0, 0.05) is 29.6 Å². The first-order chi connectivity index (χ1) is 8.17. The summed E-state index contributed by atoms with van der Waals surface area (Å²) in [7, 11) is -1.18. The smallest absolute Gasteiger partial charge is 0.232 e. The van der Waals surface area contributed by atoms with Crippen molar-refractivity contribution in [3.05, 3.63) is 35.4 Å². The number of carbonyl (C=O) groups excluding carboxylic acids is 1. The highest BCUT2D eigenvalue weighted by Crippen LogP contribution is 2.10. The van der Waals surface area contributed by atoms with Gasteiger partial charge in [-0.25, -0.2) is 0 Å². The fourth-order valence-corrected chi connectivity index (χ4v) is 2.64. The first kappa shape index (κ1) is 13.9. The van der Waals surface area contributed by atoms with Gasteiger partial charge in [0.05, 0.1) is 0 Å². The summed E-state index contributed by atoms with van der Waals surface area (Å²) >= 11 is 0. The molecule has 0 aliphatic carbocycles. The zero-order chi connectivity index (χ0) is 12.7. The highest BCUT2D eigenvalue weighted by Gasteiger charge is 2.09. The SMILES string of the molecule is CCNC(=O)CS(=O)Cc1ccccc1CN. The van der Waals surface area contributed by atoms with Crippen molar-refractivity contribution in [3.8, 4) is 0 Å². The van der Waals surface area contributed by atoms with E-state index in [2.05, 4.69) is 5.32 Å². The summed E-state index contributed by atoms with van der Waals surface area (Å²) in [6, 6.07) is 7.60. The Kier molecular flexibility index (Phi) is 5.86. The molecule has 1 atom stereocenters. The lowest BCUT2D eigenvalue weighted by Gasteiger charge is -2.07. The van der Waals surface area contributed by atoms with E-state index >= 15 is 0 Å². The first-order valence-electron chi connectivity index (χ1n) is 5.56. The number of hydrogen-bond acceptors (Lipinski definition) is 3. The predicted molar refractivity (Wildman–Crippen MR) is 69.7 cm³/mol. The monoisotopic (exact) mass is 254 g/mol. The van der Waals surface area contributed by atoms with Crippen LogP contribution in [-0.2, 0) is 27.9 Å². The molecule has 0 heterocycles. The van der Waals surface area contributed by atoms with Crippen molar-refractivity contribution in [1.29, 1.82) is 0 Å². The highest BCUT2D eigenvalue weighted by atomic mass is 32.2. The number of nitrogens with two attached hydrogens (primary N) is 1. The van der Waals surface area contributed by atoms with Crippen LogP contribution in [0.5, 0.6) is 0 Å². The Hall–Kier alpha value is -1.20. The summed E-state index contributed by atoms with van der Waals surface area (Å²) in [5.41, 5.74) is 7.54. The molecule has 0 spiro atoms. The summed E-state index contributed by atoms with van der Waals surface area (Å²) in [6.07, 6.45) is 0. The maximum Gasteiger partial charge on any atom is 0.232 e. The molecular weight excluding hydrogens is 236 g/mol. The van der Waals surface area contributed by atoms with Gasteiger partial charge in [-0.05, 0) is 18.1 Å². The fourth-order valence-electron chi connectivity index (χ4n) is 1.52. The zero-order valence-corrected chi connectivity index (χ0v) is 10.8. The topological polar surface area (TPSA) is 72.2 Å². The van der Waals surface area contributed by atoms with Gasteiger partial charge in [-0.15, -0.1) is 0 Å². The second-order valence-electron chi connectivity index (χ2n) is 3.65. The van der Waals surface area contributed by atoms with Crippen molar-refractivity contribution in [2.75, 3.05) is 12.3 Å². The van der Waals surface area contributed by atoms with Crippen molar-refractivity contribution in [1.82, 2.24) is 5.32 Å². The molecule has 17 heavy (non-hydrogen) atoms. The Morgan fingerprint density at radius 2 is 2.00 bits per heavy atom. The first-order valence-corrected chi connectivity index (χ1v) is 7.04. The van der Waals surface area contributed by atoms with Crippen molar-refractivity contribution in [2.45, 2.75) is 19.2 Å². The molecule has 0 aliphatic heterocycles. The van der Waals surface area contributed by atoms with E-state index in [1.165, 1.54) is 0 Å². The van der Waals surface area contributed by atoms with Gasteiger partial charge < -0.3 is 11.1 Å². The minimum atomic E-state index is -1.18. The molecule has 1 amide bonds. The van der Waals surface area contributed by atoms with Gasteiger partial charge in [-0.1, -0.05) is 24.3 Å². The molecule has 94 valence electrons. The Balaban J connectivity index is 2.59. The van der Waals surface area contributed by atoms with Crippen LogP contribution in [0.2, 0.25) is 0 Å². The van der Waals surface area contributed by atoms with E-state index in [0.29, 0.717) is 18.8 Å². The van der Waals surface area contributed by atoms with Crippen LogP contribution in [0.3, 0.4) is 0 Å². The zero-order valence-electron chi connectivity index (χ0n) is 9.94. The largest absolute Gasteiger partial charge is 0.356 e. The summed E-state index contributed by atoms with van der Waals surface area (Å²) in [4.78, 5) is 11.3. The number of carbonyl (C=O) groups is 1. The van der Waals surface area contributed by atoms with Crippen LogP contribution in [-0.4, -0.2) is 22.4 Å². The van der Waals surface area contributed by atoms with E-state index in [1.54, 1.807) is 0 Å². The molecule has 0 saturated heterocycles. The number of benzene rings is 1. The van der Waals surface area contributed by atoms with E-state index in [4.69, 9.17) is 5.73 Å².